The van der Waals surface area contributed by atoms with E-state index in [1.165, 1.54) is 0 Å². The maximum atomic E-state index is 11.5. The van der Waals surface area contributed by atoms with Crippen LogP contribution in [0.1, 0.15) is 6.42 Å². The predicted octanol–water partition coefficient (Wildman–Crippen LogP) is -0.414. The molecule has 0 spiro atoms. The molecule has 4 nitrogen and oxygen atoms in total. The van der Waals surface area contributed by atoms with Crippen molar-refractivity contribution in [1.29, 1.82) is 0 Å². The van der Waals surface area contributed by atoms with Gasteiger partial charge in [0.15, 0.2) is 0 Å². The molecule has 2 N–H and O–H groups in total. The number of amides is 2. The lowest BCUT2D eigenvalue weighted by Crippen LogP contribution is -2.57. The highest BCUT2D eigenvalue weighted by atomic mass is 16.2. The van der Waals surface area contributed by atoms with Gasteiger partial charge in [0.1, 0.15) is 0 Å². The van der Waals surface area contributed by atoms with Gasteiger partial charge in [-0.3, -0.25) is 20.4 Å². The van der Waals surface area contributed by atoms with Crippen LogP contribution in [0.25, 0.3) is 0 Å². The number of nitrogens with one attached hydrogen (secondary N) is 2. The number of carbonyl (C=O) groups is 2. The Morgan fingerprint density at radius 2 is 1.46 bits per heavy atom. The summed E-state index contributed by atoms with van der Waals surface area (Å²) >= 11 is 0. The van der Waals surface area contributed by atoms with Crippen molar-refractivity contribution < 1.29 is 9.59 Å². The number of allylic oxidation sites excluding steroid dienone is 2. The third kappa shape index (κ3) is 0.753. The SMILES string of the molecule is O=C1NNC(=O)[C@H]2[C@@H]1[C@H]1C=C[C@H]2C1. The first kappa shape index (κ1) is 7.12. The molecule has 13 heavy (non-hydrogen) atoms. The lowest BCUT2D eigenvalue weighted by atomic mass is 9.81. The smallest absolute Gasteiger partial charge is 0.242 e. The molecule has 1 heterocycles. The lowest BCUT2D eigenvalue weighted by Gasteiger charge is -2.30. The molecule has 4 atom stereocenters. The lowest BCUT2D eigenvalue weighted by molar-refractivity contribution is -0.143. The highest BCUT2D eigenvalue weighted by molar-refractivity contribution is 5.94. The second-order valence-corrected chi connectivity index (χ2v) is 3.98. The Morgan fingerprint density at radius 1 is 1.00 bits per heavy atom. The Balaban J connectivity index is 2.03. The molecule has 0 aromatic carbocycles. The minimum Gasteiger partial charge on any atom is -0.273 e. The Labute approximate surface area is 75.3 Å². The second kappa shape index (κ2) is 2.13. The van der Waals surface area contributed by atoms with E-state index in [0.29, 0.717) is 11.8 Å². The van der Waals surface area contributed by atoms with Crippen LogP contribution in [-0.2, 0) is 9.59 Å². The van der Waals surface area contributed by atoms with Gasteiger partial charge in [-0.25, -0.2) is 0 Å². The van der Waals surface area contributed by atoms with Crippen LogP contribution in [0.15, 0.2) is 12.2 Å². The average molecular weight is 178 g/mol. The van der Waals surface area contributed by atoms with Crippen molar-refractivity contribution in [2.75, 3.05) is 0 Å². The standard InChI is InChI=1S/C9H10N2O2/c12-8-6-4-1-2-5(3-4)7(6)9(13)11-10-8/h1-2,4-7H,3H2,(H,10,12)(H,11,13)/t4-,5-,6-,7+/m0/s1. The first-order valence-electron chi connectivity index (χ1n) is 4.55. The summed E-state index contributed by atoms with van der Waals surface area (Å²) in [5, 5.41) is 0. The number of hydrogen-bond donors (Lipinski definition) is 2. The van der Waals surface area contributed by atoms with Crippen molar-refractivity contribution in [3.63, 3.8) is 0 Å². The van der Waals surface area contributed by atoms with Gasteiger partial charge in [0.25, 0.3) is 0 Å². The molecule has 0 unspecified atom stereocenters. The quantitative estimate of drug-likeness (QED) is 0.495. The number of hydrazine groups is 1. The third-order valence-electron chi connectivity index (χ3n) is 3.37. The van der Waals surface area contributed by atoms with Crippen LogP contribution in [0.3, 0.4) is 0 Å². The minimum absolute atomic E-state index is 0.0264. The molecule has 1 saturated carbocycles. The zero-order valence-electron chi connectivity index (χ0n) is 6.99. The summed E-state index contributed by atoms with van der Waals surface area (Å²) in [7, 11) is 0. The van der Waals surface area contributed by atoms with E-state index in [2.05, 4.69) is 23.0 Å². The van der Waals surface area contributed by atoms with Gasteiger partial charge in [-0.2, -0.15) is 0 Å². The average Bonchev–Trinajstić information content (AvgIpc) is 2.70. The molecule has 1 aliphatic heterocycles. The Kier molecular flexibility index (Phi) is 1.17. The van der Waals surface area contributed by atoms with Crippen molar-refractivity contribution in [2.45, 2.75) is 6.42 Å². The van der Waals surface area contributed by atoms with Crippen LogP contribution in [0.4, 0.5) is 0 Å². The second-order valence-electron chi connectivity index (χ2n) is 3.98. The van der Waals surface area contributed by atoms with Crippen LogP contribution in [0.2, 0.25) is 0 Å². The Hall–Kier alpha value is -1.32. The molecule has 3 aliphatic rings. The van der Waals surface area contributed by atoms with Gasteiger partial charge in [-0.15, -0.1) is 0 Å². The summed E-state index contributed by atoms with van der Waals surface area (Å²) in [6, 6.07) is 0. The van der Waals surface area contributed by atoms with Gasteiger partial charge in [-0.1, -0.05) is 12.2 Å². The summed E-state index contributed by atoms with van der Waals surface area (Å²) in [5.74, 6) is 0.317. The molecule has 2 amide bonds. The Bertz CT molecular complexity index is 294. The number of rotatable bonds is 0. The highest BCUT2D eigenvalue weighted by Gasteiger charge is 2.53. The van der Waals surface area contributed by atoms with Crippen molar-refractivity contribution in [3.8, 4) is 0 Å². The minimum atomic E-state index is -0.108. The maximum absolute atomic E-state index is 11.5. The zero-order valence-corrected chi connectivity index (χ0v) is 6.99. The highest BCUT2D eigenvalue weighted by Crippen LogP contribution is 2.48. The van der Waals surface area contributed by atoms with E-state index >= 15 is 0 Å². The van der Waals surface area contributed by atoms with Crippen molar-refractivity contribution in [2.24, 2.45) is 23.7 Å². The summed E-state index contributed by atoms with van der Waals surface area (Å²) in [6.45, 7) is 0. The number of carbonyl (C=O) groups excluding carboxylic acids is 2. The van der Waals surface area contributed by atoms with E-state index in [0.717, 1.165) is 6.42 Å². The first-order chi connectivity index (χ1) is 6.27. The normalized spacial score (nSPS) is 45.8. The monoisotopic (exact) mass is 178 g/mol. The van der Waals surface area contributed by atoms with Crippen LogP contribution < -0.4 is 10.9 Å². The molecular formula is C9H10N2O2. The summed E-state index contributed by atoms with van der Waals surface area (Å²) in [6.07, 6.45) is 5.12. The first-order valence-corrected chi connectivity index (χ1v) is 4.55. The van der Waals surface area contributed by atoms with Gasteiger partial charge in [-0.05, 0) is 18.3 Å². The summed E-state index contributed by atoms with van der Waals surface area (Å²) in [5.41, 5.74) is 4.83. The van der Waals surface area contributed by atoms with E-state index in [4.69, 9.17) is 0 Å². The van der Waals surface area contributed by atoms with Crippen LogP contribution >= 0.6 is 0 Å². The molecule has 0 aromatic heterocycles. The van der Waals surface area contributed by atoms with Crippen molar-refractivity contribution in [1.82, 2.24) is 10.9 Å². The molecule has 0 radical (unpaired) electrons. The Morgan fingerprint density at radius 3 is 1.92 bits per heavy atom. The predicted molar refractivity (Wildman–Crippen MR) is 44.0 cm³/mol. The fourth-order valence-corrected chi connectivity index (χ4v) is 2.83. The molecule has 68 valence electrons. The van der Waals surface area contributed by atoms with E-state index in [1.807, 2.05) is 0 Å². The van der Waals surface area contributed by atoms with Gasteiger partial charge >= 0.3 is 0 Å². The van der Waals surface area contributed by atoms with Gasteiger partial charge in [0.05, 0.1) is 11.8 Å². The molecule has 2 bridgehead atoms. The van der Waals surface area contributed by atoms with Crippen molar-refractivity contribution in [3.05, 3.63) is 12.2 Å². The van der Waals surface area contributed by atoms with Gasteiger partial charge in [0, 0.05) is 0 Å². The molecule has 0 aromatic rings. The fraction of sp³-hybridized carbons (Fsp3) is 0.556. The van der Waals surface area contributed by atoms with E-state index in [-0.39, 0.29) is 23.7 Å². The van der Waals surface area contributed by atoms with Crippen molar-refractivity contribution >= 4 is 11.8 Å². The largest absolute Gasteiger partial charge is 0.273 e. The number of fused-ring (bicyclic) bond motifs is 5. The molecule has 4 heteroatoms. The van der Waals surface area contributed by atoms with Crippen LogP contribution in [0, 0.1) is 23.7 Å². The van der Waals surface area contributed by atoms with E-state index in [9.17, 15) is 9.59 Å². The number of hydrogen-bond acceptors (Lipinski definition) is 2. The van der Waals surface area contributed by atoms with Crippen LogP contribution in [0.5, 0.6) is 0 Å². The molecule has 1 saturated heterocycles. The van der Waals surface area contributed by atoms with Crippen LogP contribution in [-0.4, -0.2) is 11.8 Å². The molecule has 2 aliphatic carbocycles. The maximum Gasteiger partial charge on any atom is 0.242 e. The van der Waals surface area contributed by atoms with E-state index < -0.39 is 0 Å². The summed E-state index contributed by atoms with van der Waals surface area (Å²) < 4.78 is 0. The van der Waals surface area contributed by atoms with E-state index in [1.54, 1.807) is 0 Å². The fourth-order valence-electron chi connectivity index (χ4n) is 2.83. The topological polar surface area (TPSA) is 58.2 Å². The molecule has 2 fully saturated rings. The zero-order chi connectivity index (χ0) is 9.00. The molecular weight excluding hydrogens is 168 g/mol. The van der Waals surface area contributed by atoms with Gasteiger partial charge < -0.3 is 0 Å². The third-order valence-corrected chi connectivity index (χ3v) is 3.37. The molecule has 3 rings (SSSR count). The summed E-state index contributed by atoms with van der Waals surface area (Å²) in [4.78, 5) is 22.9. The van der Waals surface area contributed by atoms with Gasteiger partial charge in [0.2, 0.25) is 11.8 Å².